The Kier molecular flexibility index (Phi) is 5.65. The molecule has 0 unspecified atom stereocenters. The van der Waals surface area contributed by atoms with Crippen LogP contribution in [0.5, 0.6) is 11.5 Å². The van der Waals surface area contributed by atoms with Crippen LogP contribution in [0, 0.1) is 3.57 Å². The summed E-state index contributed by atoms with van der Waals surface area (Å²) in [5.74, 6) is -1.04. The molecule has 0 saturated carbocycles. The quantitative estimate of drug-likeness (QED) is 0.307. The van der Waals surface area contributed by atoms with Crippen molar-refractivity contribution in [2.75, 3.05) is 20.3 Å². The number of phenolic OH excluding ortho intramolecular Hbond substituents is 1. The Labute approximate surface area is 151 Å². The molecular formula is C15H15IN2O6. The molecule has 1 aliphatic heterocycles. The van der Waals surface area contributed by atoms with Crippen LogP contribution in [0.3, 0.4) is 0 Å². The second-order valence-electron chi connectivity index (χ2n) is 4.74. The van der Waals surface area contributed by atoms with Crippen LogP contribution < -0.4 is 10.1 Å². The van der Waals surface area contributed by atoms with Crippen molar-refractivity contribution in [2.45, 2.75) is 6.92 Å². The molecule has 0 aliphatic carbocycles. The summed E-state index contributed by atoms with van der Waals surface area (Å²) in [4.78, 5) is 36.0. The van der Waals surface area contributed by atoms with Crippen LogP contribution in [0.15, 0.2) is 17.8 Å². The number of nitrogens with zero attached hydrogens (tertiary/aromatic N) is 1. The molecule has 2 rings (SSSR count). The van der Waals surface area contributed by atoms with Gasteiger partial charge in [0.25, 0.3) is 5.91 Å². The minimum absolute atomic E-state index is 0.00806. The summed E-state index contributed by atoms with van der Waals surface area (Å²) in [6.45, 7) is 1.69. The number of urea groups is 1. The number of methoxy groups -OCH3 is 1. The standard InChI is InChI=1S/C15H15IN2O6/c1-3-24-11-6-8(4-9(16)13(11)20)5-10-14(21)18(15(22)17-10)7-12(19)23-2/h4-6,20H,3,7H2,1-2H3,(H,17,22)/b10-5+. The van der Waals surface area contributed by atoms with E-state index in [2.05, 4.69) is 10.1 Å². The third-order valence-corrected chi connectivity index (χ3v) is 3.96. The van der Waals surface area contributed by atoms with E-state index >= 15 is 0 Å². The third-order valence-electron chi connectivity index (χ3n) is 3.14. The summed E-state index contributed by atoms with van der Waals surface area (Å²) in [5.41, 5.74) is 0.581. The monoisotopic (exact) mass is 446 g/mol. The lowest BCUT2D eigenvalue weighted by Gasteiger charge is -2.09. The van der Waals surface area contributed by atoms with Gasteiger partial charge in [0.1, 0.15) is 12.2 Å². The summed E-state index contributed by atoms with van der Waals surface area (Å²) in [7, 11) is 1.17. The smallest absolute Gasteiger partial charge is 0.329 e. The number of carbonyl (C=O) groups excluding carboxylic acids is 3. The van der Waals surface area contributed by atoms with Crippen LogP contribution in [-0.4, -0.2) is 48.2 Å². The highest BCUT2D eigenvalue weighted by Crippen LogP contribution is 2.33. The minimum Gasteiger partial charge on any atom is -0.504 e. The molecule has 1 aliphatic rings. The van der Waals surface area contributed by atoms with E-state index in [4.69, 9.17) is 4.74 Å². The normalized spacial score (nSPS) is 15.6. The lowest BCUT2D eigenvalue weighted by molar-refractivity contribution is -0.143. The van der Waals surface area contributed by atoms with E-state index < -0.39 is 24.5 Å². The highest BCUT2D eigenvalue weighted by molar-refractivity contribution is 14.1. The van der Waals surface area contributed by atoms with Gasteiger partial charge in [-0.1, -0.05) is 0 Å². The van der Waals surface area contributed by atoms with Gasteiger partial charge in [-0.25, -0.2) is 9.69 Å². The molecule has 1 aromatic carbocycles. The molecule has 0 radical (unpaired) electrons. The van der Waals surface area contributed by atoms with Crippen molar-refractivity contribution in [3.8, 4) is 11.5 Å². The number of ether oxygens (including phenoxy) is 2. The molecular weight excluding hydrogens is 431 g/mol. The van der Waals surface area contributed by atoms with Gasteiger partial charge in [0.05, 0.1) is 17.3 Å². The average molecular weight is 446 g/mol. The van der Waals surface area contributed by atoms with Gasteiger partial charge in [0.15, 0.2) is 11.5 Å². The Morgan fingerprint density at radius 3 is 2.75 bits per heavy atom. The number of hydrogen-bond donors (Lipinski definition) is 2. The first-order chi connectivity index (χ1) is 11.4. The molecule has 3 amide bonds. The Hall–Kier alpha value is -2.30. The number of esters is 1. The molecule has 24 heavy (non-hydrogen) atoms. The Balaban J connectivity index is 2.30. The second kappa shape index (κ2) is 7.51. The van der Waals surface area contributed by atoms with Crippen molar-refractivity contribution in [2.24, 2.45) is 0 Å². The lowest BCUT2D eigenvalue weighted by Crippen LogP contribution is -2.36. The summed E-state index contributed by atoms with van der Waals surface area (Å²) in [6.07, 6.45) is 1.45. The number of halogens is 1. The van der Waals surface area contributed by atoms with Gasteiger partial charge in [-0.3, -0.25) is 9.59 Å². The van der Waals surface area contributed by atoms with E-state index in [0.717, 1.165) is 4.90 Å². The molecule has 0 atom stereocenters. The van der Waals surface area contributed by atoms with Gasteiger partial charge < -0.3 is 19.9 Å². The van der Waals surface area contributed by atoms with Crippen LogP contribution in [0.2, 0.25) is 0 Å². The van der Waals surface area contributed by atoms with Gasteiger partial charge in [-0.15, -0.1) is 0 Å². The van der Waals surface area contributed by atoms with Crippen molar-refractivity contribution in [1.29, 1.82) is 0 Å². The van der Waals surface area contributed by atoms with E-state index in [1.165, 1.54) is 13.2 Å². The number of nitrogens with one attached hydrogen (secondary N) is 1. The average Bonchev–Trinajstić information content (AvgIpc) is 2.79. The number of rotatable bonds is 5. The van der Waals surface area contributed by atoms with Crippen molar-refractivity contribution < 1.29 is 29.0 Å². The van der Waals surface area contributed by atoms with Crippen LogP contribution in [0.1, 0.15) is 12.5 Å². The molecule has 9 heteroatoms. The number of benzene rings is 1. The van der Waals surface area contributed by atoms with Crippen LogP contribution in [0.25, 0.3) is 6.08 Å². The first-order valence-electron chi connectivity index (χ1n) is 6.94. The Bertz CT molecular complexity index is 731. The number of imide groups is 1. The molecule has 1 aromatic rings. The fourth-order valence-corrected chi connectivity index (χ4v) is 2.64. The number of amides is 3. The zero-order valence-corrected chi connectivity index (χ0v) is 15.1. The summed E-state index contributed by atoms with van der Waals surface area (Å²) in [5, 5.41) is 12.3. The highest BCUT2D eigenvalue weighted by atomic mass is 127. The molecule has 0 bridgehead atoms. The minimum atomic E-state index is -0.699. The molecule has 1 heterocycles. The van der Waals surface area contributed by atoms with Gasteiger partial charge >= 0.3 is 12.0 Å². The van der Waals surface area contributed by atoms with Crippen LogP contribution in [-0.2, 0) is 14.3 Å². The maximum atomic E-state index is 12.2. The molecule has 2 N–H and O–H groups in total. The summed E-state index contributed by atoms with van der Waals surface area (Å²) >= 11 is 1.93. The van der Waals surface area contributed by atoms with Crippen LogP contribution >= 0.6 is 22.6 Å². The van der Waals surface area contributed by atoms with Crippen molar-refractivity contribution in [1.82, 2.24) is 10.2 Å². The molecule has 0 aromatic heterocycles. The lowest BCUT2D eigenvalue weighted by atomic mass is 10.1. The third kappa shape index (κ3) is 3.78. The zero-order valence-electron chi connectivity index (χ0n) is 13.0. The SMILES string of the molecule is CCOc1cc(/C=C2/NC(=O)N(CC(=O)OC)C2=O)cc(I)c1O. The predicted molar refractivity (Wildman–Crippen MR) is 92.2 cm³/mol. The van der Waals surface area contributed by atoms with E-state index in [-0.39, 0.29) is 17.2 Å². The zero-order chi connectivity index (χ0) is 17.9. The molecule has 1 fully saturated rings. The number of hydrogen-bond acceptors (Lipinski definition) is 6. The first-order valence-corrected chi connectivity index (χ1v) is 8.02. The maximum absolute atomic E-state index is 12.2. The van der Waals surface area contributed by atoms with Gasteiger partial charge in [0, 0.05) is 0 Å². The molecule has 128 valence electrons. The Morgan fingerprint density at radius 1 is 1.42 bits per heavy atom. The number of phenols is 1. The topological polar surface area (TPSA) is 105 Å². The molecule has 8 nitrogen and oxygen atoms in total. The van der Waals surface area contributed by atoms with Crippen LogP contribution in [0.4, 0.5) is 4.79 Å². The fraction of sp³-hybridized carbons (Fsp3) is 0.267. The number of carbonyl (C=O) groups is 3. The maximum Gasteiger partial charge on any atom is 0.329 e. The molecule has 1 saturated heterocycles. The van der Waals surface area contributed by atoms with E-state index in [1.54, 1.807) is 19.1 Å². The Morgan fingerprint density at radius 2 is 2.12 bits per heavy atom. The largest absolute Gasteiger partial charge is 0.504 e. The number of aromatic hydroxyl groups is 1. The molecule has 0 spiro atoms. The van der Waals surface area contributed by atoms with Gasteiger partial charge in [0.2, 0.25) is 0 Å². The van der Waals surface area contributed by atoms with Crippen molar-refractivity contribution in [3.05, 3.63) is 27.0 Å². The fourth-order valence-electron chi connectivity index (χ4n) is 2.02. The predicted octanol–water partition coefficient (Wildman–Crippen LogP) is 1.46. The summed E-state index contributed by atoms with van der Waals surface area (Å²) in [6, 6.07) is 2.49. The van der Waals surface area contributed by atoms with Crippen molar-refractivity contribution >= 4 is 46.6 Å². The van der Waals surface area contributed by atoms with E-state index in [1.807, 2.05) is 22.6 Å². The van der Waals surface area contributed by atoms with E-state index in [9.17, 15) is 19.5 Å². The van der Waals surface area contributed by atoms with E-state index in [0.29, 0.717) is 15.7 Å². The second-order valence-corrected chi connectivity index (χ2v) is 5.90. The first kappa shape index (κ1) is 18.0. The summed E-state index contributed by atoms with van der Waals surface area (Å²) < 4.78 is 10.3. The van der Waals surface area contributed by atoms with Crippen molar-refractivity contribution in [3.63, 3.8) is 0 Å². The highest BCUT2D eigenvalue weighted by Gasteiger charge is 2.35. The van der Waals surface area contributed by atoms with Gasteiger partial charge in [-0.05, 0) is 53.3 Å². The van der Waals surface area contributed by atoms with Gasteiger partial charge in [-0.2, -0.15) is 0 Å².